The molecule has 28 heavy (non-hydrogen) atoms. The first-order valence-corrected chi connectivity index (χ1v) is 9.28. The largest absolute Gasteiger partial charge is 0.337 e. The van der Waals surface area contributed by atoms with Gasteiger partial charge in [0, 0.05) is 38.2 Å². The van der Waals surface area contributed by atoms with Crippen LogP contribution in [0.5, 0.6) is 0 Å². The summed E-state index contributed by atoms with van der Waals surface area (Å²) in [5, 5.41) is 7.83. The monoisotopic (exact) mass is 387 g/mol. The SMILES string of the molecule is CN(C)CCNC(=O)NCc1ccc2c(c1)C(=O)N(C1CCC(=O)NC1=O)C2. The van der Waals surface area contributed by atoms with Gasteiger partial charge in [-0.15, -0.1) is 0 Å². The van der Waals surface area contributed by atoms with Crippen molar-refractivity contribution in [3.8, 4) is 0 Å². The first-order valence-electron chi connectivity index (χ1n) is 9.28. The van der Waals surface area contributed by atoms with Gasteiger partial charge in [-0.05, 0) is 37.7 Å². The van der Waals surface area contributed by atoms with Crippen LogP contribution in [-0.4, -0.2) is 66.8 Å². The number of amides is 5. The van der Waals surface area contributed by atoms with Crippen LogP contribution in [0, 0.1) is 0 Å². The molecule has 0 saturated carbocycles. The van der Waals surface area contributed by atoms with E-state index in [2.05, 4.69) is 16.0 Å². The summed E-state index contributed by atoms with van der Waals surface area (Å²) in [5.74, 6) is -0.946. The van der Waals surface area contributed by atoms with Crippen LogP contribution in [0.15, 0.2) is 18.2 Å². The van der Waals surface area contributed by atoms with Crippen molar-refractivity contribution < 1.29 is 19.2 Å². The van der Waals surface area contributed by atoms with Crippen molar-refractivity contribution in [3.63, 3.8) is 0 Å². The molecular formula is C19H25N5O4. The van der Waals surface area contributed by atoms with Crippen molar-refractivity contribution >= 4 is 23.8 Å². The number of carbonyl (C=O) groups excluding carboxylic acids is 4. The Hall–Kier alpha value is -2.94. The Bertz CT molecular complexity index is 808. The van der Waals surface area contributed by atoms with E-state index in [4.69, 9.17) is 0 Å². The molecule has 9 heteroatoms. The Morgan fingerprint density at radius 3 is 2.75 bits per heavy atom. The zero-order valence-corrected chi connectivity index (χ0v) is 16.1. The number of hydrogen-bond acceptors (Lipinski definition) is 5. The molecule has 0 spiro atoms. The molecule has 1 atom stereocenters. The van der Waals surface area contributed by atoms with Gasteiger partial charge in [0.2, 0.25) is 11.8 Å². The summed E-state index contributed by atoms with van der Waals surface area (Å²) in [6.45, 7) is 1.94. The van der Waals surface area contributed by atoms with Crippen LogP contribution in [0.25, 0.3) is 0 Å². The Morgan fingerprint density at radius 2 is 2.04 bits per heavy atom. The summed E-state index contributed by atoms with van der Waals surface area (Å²) < 4.78 is 0. The lowest BCUT2D eigenvalue weighted by molar-refractivity contribution is -0.136. The molecule has 1 fully saturated rings. The fourth-order valence-electron chi connectivity index (χ4n) is 3.35. The van der Waals surface area contributed by atoms with E-state index in [0.29, 0.717) is 31.6 Å². The molecule has 0 radical (unpaired) electrons. The number of nitrogens with zero attached hydrogens (tertiary/aromatic N) is 2. The van der Waals surface area contributed by atoms with Gasteiger partial charge in [-0.2, -0.15) is 0 Å². The highest BCUT2D eigenvalue weighted by molar-refractivity contribution is 6.05. The average Bonchev–Trinajstić information content (AvgIpc) is 2.96. The van der Waals surface area contributed by atoms with E-state index < -0.39 is 11.9 Å². The van der Waals surface area contributed by atoms with Gasteiger partial charge in [0.25, 0.3) is 5.91 Å². The van der Waals surface area contributed by atoms with Crippen LogP contribution in [0.4, 0.5) is 4.79 Å². The van der Waals surface area contributed by atoms with Crippen LogP contribution in [0.2, 0.25) is 0 Å². The fraction of sp³-hybridized carbons (Fsp3) is 0.474. The molecule has 3 N–H and O–H groups in total. The minimum absolute atomic E-state index is 0.221. The number of piperidine rings is 1. The summed E-state index contributed by atoms with van der Waals surface area (Å²) >= 11 is 0. The number of nitrogens with one attached hydrogen (secondary N) is 3. The molecule has 0 bridgehead atoms. The number of likely N-dealkylation sites (N-methyl/N-ethyl adjacent to an activating group) is 1. The second kappa shape index (κ2) is 8.39. The van der Waals surface area contributed by atoms with E-state index in [9.17, 15) is 19.2 Å². The van der Waals surface area contributed by atoms with Crippen LogP contribution in [0.1, 0.15) is 34.3 Å². The molecular weight excluding hydrogens is 362 g/mol. The second-order valence-electron chi connectivity index (χ2n) is 7.30. The molecule has 1 aromatic carbocycles. The molecule has 2 heterocycles. The Labute approximate surface area is 163 Å². The Kier molecular flexibility index (Phi) is 5.93. The molecule has 3 rings (SSSR count). The molecule has 1 saturated heterocycles. The van der Waals surface area contributed by atoms with Gasteiger partial charge < -0.3 is 20.4 Å². The van der Waals surface area contributed by atoms with E-state index in [0.717, 1.165) is 17.7 Å². The van der Waals surface area contributed by atoms with Gasteiger partial charge in [0.05, 0.1) is 0 Å². The molecule has 5 amide bonds. The lowest BCUT2D eigenvalue weighted by atomic mass is 10.0. The average molecular weight is 387 g/mol. The quantitative estimate of drug-likeness (QED) is 0.586. The smallest absolute Gasteiger partial charge is 0.315 e. The first-order chi connectivity index (χ1) is 13.3. The predicted octanol–water partition coefficient (Wildman–Crippen LogP) is -0.192. The number of imide groups is 1. The third kappa shape index (κ3) is 4.48. The first kappa shape index (κ1) is 19.8. The Morgan fingerprint density at radius 1 is 1.25 bits per heavy atom. The minimum atomic E-state index is -0.623. The number of carbonyl (C=O) groups is 4. The van der Waals surface area contributed by atoms with E-state index >= 15 is 0 Å². The Balaban J connectivity index is 1.58. The minimum Gasteiger partial charge on any atom is -0.337 e. The summed E-state index contributed by atoms with van der Waals surface area (Å²) in [4.78, 5) is 51.5. The maximum Gasteiger partial charge on any atom is 0.315 e. The predicted molar refractivity (Wildman–Crippen MR) is 101 cm³/mol. The van der Waals surface area contributed by atoms with E-state index in [1.807, 2.05) is 31.1 Å². The zero-order chi connectivity index (χ0) is 20.3. The van der Waals surface area contributed by atoms with Gasteiger partial charge in [0.1, 0.15) is 6.04 Å². The topological polar surface area (TPSA) is 111 Å². The van der Waals surface area contributed by atoms with Crippen molar-refractivity contribution in [2.24, 2.45) is 0 Å². The third-order valence-electron chi connectivity index (χ3n) is 4.89. The lowest BCUT2D eigenvalue weighted by Crippen LogP contribution is -2.52. The number of fused-ring (bicyclic) bond motifs is 1. The van der Waals surface area contributed by atoms with Crippen LogP contribution >= 0.6 is 0 Å². The van der Waals surface area contributed by atoms with Crippen molar-refractivity contribution in [1.29, 1.82) is 0 Å². The number of urea groups is 1. The number of hydrogen-bond donors (Lipinski definition) is 3. The highest BCUT2D eigenvalue weighted by Crippen LogP contribution is 2.28. The standard InChI is InChI=1S/C19H25N5O4/c1-23(2)8-7-20-19(28)21-10-12-3-4-13-11-24(18(27)14(13)9-12)15-5-6-16(25)22-17(15)26/h3-4,9,15H,5-8,10-11H2,1-2H3,(H2,20,21,28)(H,22,25,26). The van der Waals surface area contributed by atoms with Crippen molar-refractivity contribution in [3.05, 3.63) is 34.9 Å². The normalized spacial score (nSPS) is 18.9. The van der Waals surface area contributed by atoms with Crippen LogP contribution < -0.4 is 16.0 Å². The summed E-state index contributed by atoms with van der Waals surface area (Å²) in [6, 6.07) is 4.57. The summed E-state index contributed by atoms with van der Waals surface area (Å²) in [7, 11) is 3.86. The molecule has 0 aromatic heterocycles. The molecule has 150 valence electrons. The van der Waals surface area contributed by atoms with Gasteiger partial charge in [0.15, 0.2) is 0 Å². The molecule has 0 aliphatic carbocycles. The van der Waals surface area contributed by atoms with Crippen molar-refractivity contribution in [2.75, 3.05) is 27.2 Å². The number of benzene rings is 1. The zero-order valence-electron chi connectivity index (χ0n) is 16.1. The summed E-state index contributed by atoms with van der Waals surface area (Å²) in [5.41, 5.74) is 2.19. The highest BCUT2D eigenvalue weighted by Gasteiger charge is 2.39. The van der Waals surface area contributed by atoms with Crippen LogP contribution in [0.3, 0.4) is 0 Å². The van der Waals surface area contributed by atoms with Crippen LogP contribution in [-0.2, 0) is 22.7 Å². The fourth-order valence-corrected chi connectivity index (χ4v) is 3.35. The maximum absolute atomic E-state index is 12.8. The maximum atomic E-state index is 12.8. The van der Waals surface area contributed by atoms with E-state index in [-0.39, 0.29) is 24.3 Å². The lowest BCUT2D eigenvalue weighted by Gasteiger charge is -2.29. The van der Waals surface area contributed by atoms with Crippen molar-refractivity contribution in [2.45, 2.75) is 32.0 Å². The van der Waals surface area contributed by atoms with E-state index in [1.54, 1.807) is 6.07 Å². The molecule has 1 aromatic rings. The molecule has 1 unspecified atom stereocenters. The van der Waals surface area contributed by atoms with Gasteiger partial charge in [-0.1, -0.05) is 12.1 Å². The molecule has 2 aliphatic rings. The third-order valence-corrected chi connectivity index (χ3v) is 4.89. The highest BCUT2D eigenvalue weighted by atomic mass is 16.2. The van der Waals surface area contributed by atoms with Gasteiger partial charge >= 0.3 is 6.03 Å². The second-order valence-corrected chi connectivity index (χ2v) is 7.30. The number of rotatable bonds is 6. The van der Waals surface area contributed by atoms with Gasteiger partial charge in [-0.3, -0.25) is 19.7 Å². The van der Waals surface area contributed by atoms with E-state index in [1.165, 1.54) is 4.90 Å². The van der Waals surface area contributed by atoms with Gasteiger partial charge in [-0.25, -0.2) is 4.79 Å². The molecule has 2 aliphatic heterocycles. The summed E-state index contributed by atoms with van der Waals surface area (Å²) in [6.07, 6.45) is 0.570. The van der Waals surface area contributed by atoms with Crippen molar-refractivity contribution in [1.82, 2.24) is 25.8 Å². The molecule has 9 nitrogen and oxygen atoms in total.